The number of hydrogen-bond donors (Lipinski definition) is 2. The minimum Gasteiger partial charge on any atom is -0.467 e. The number of amides is 1. The minimum atomic E-state index is -0.168. The van der Waals surface area contributed by atoms with Crippen molar-refractivity contribution in [3.05, 3.63) is 84.1 Å². The Morgan fingerprint density at radius 1 is 1.20 bits per heavy atom. The first-order valence-electron chi connectivity index (χ1n) is 10.1. The van der Waals surface area contributed by atoms with Crippen LogP contribution in [-0.2, 0) is 11.2 Å². The molecule has 154 valence electrons. The lowest BCUT2D eigenvalue weighted by atomic mass is 10.0. The molecule has 0 bridgehead atoms. The molecule has 3 heterocycles. The number of nitrogens with one attached hydrogen (secondary N) is 2. The number of pyridine rings is 1. The van der Waals surface area contributed by atoms with E-state index < -0.39 is 0 Å². The fourth-order valence-electron chi connectivity index (χ4n) is 3.80. The maximum absolute atomic E-state index is 12.7. The molecule has 2 aromatic heterocycles. The fraction of sp³-hybridized carbons (Fsp3) is 0.261. The van der Waals surface area contributed by atoms with Crippen LogP contribution in [0, 0.1) is 0 Å². The Bertz CT molecular complexity index is 1010. The van der Waals surface area contributed by atoms with Crippen LogP contribution in [0.15, 0.2) is 71.5 Å². The number of furan rings is 1. The number of nitrogens with zero attached hydrogens (tertiary/aromatic N) is 2. The number of anilines is 1. The third kappa shape index (κ3) is 4.21. The van der Waals surface area contributed by atoms with Crippen LogP contribution in [0.3, 0.4) is 0 Å². The molecule has 1 fully saturated rings. The lowest BCUT2D eigenvalue weighted by Crippen LogP contribution is -2.32. The summed E-state index contributed by atoms with van der Waals surface area (Å²) in [5.41, 5.74) is 2.86. The number of aromatic nitrogens is 1. The van der Waals surface area contributed by atoms with Crippen molar-refractivity contribution in [1.82, 2.24) is 15.2 Å². The molecule has 0 unspecified atom stereocenters. The predicted octanol–water partition coefficient (Wildman–Crippen LogP) is 4.24. The van der Waals surface area contributed by atoms with Gasteiger partial charge in [0, 0.05) is 24.8 Å². The van der Waals surface area contributed by atoms with Gasteiger partial charge in [0.05, 0.1) is 18.0 Å². The number of rotatable bonds is 7. The Labute approximate surface area is 181 Å². The van der Waals surface area contributed by atoms with Crippen molar-refractivity contribution in [2.24, 2.45) is 0 Å². The van der Waals surface area contributed by atoms with E-state index in [4.69, 9.17) is 16.6 Å². The zero-order valence-electron chi connectivity index (χ0n) is 16.7. The van der Waals surface area contributed by atoms with Crippen molar-refractivity contribution in [2.45, 2.75) is 31.8 Å². The highest BCUT2D eigenvalue weighted by molar-refractivity contribution is 7.80. The van der Waals surface area contributed by atoms with Gasteiger partial charge in [0.2, 0.25) is 5.91 Å². The summed E-state index contributed by atoms with van der Waals surface area (Å²) >= 11 is 5.60. The van der Waals surface area contributed by atoms with Crippen molar-refractivity contribution >= 4 is 28.9 Å². The fourth-order valence-corrected chi connectivity index (χ4v) is 4.13. The molecule has 0 saturated carbocycles. The molecule has 4 rings (SSSR count). The number of benzene rings is 1. The number of aryl methyl sites for hydroxylation is 1. The van der Waals surface area contributed by atoms with Gasteiger partial charge in [0.15, 0.2) is 5.11 Å². The third-order valence-corrected chi connectivity index (χ3v) is 5.64. The molecule has 0 aliphatic carbocycles. The van der Waals surface area contributed by atoms with E-state index in [0.29, 0.717) is 18.1 Å². The first-order chi connectivity index (χ1) is 14.7. The molecular formula is C23H24N4O2S. The number of carbonyl (C=O) groups is 1. The summed E-state index contributed by atoms with van der Waals surface area (Å²) < 4.78 is 5.71. The van der Waals surface area contributed by atoms with Crippen LogP contribution in [0.5, 0.6) is 0 Å². The van der Waals surface area contributed by atoms with Gasteiger partial charge in [-0.15, -0.1) is 0 Å². The predicted molar refractivity (Wildman–Crippen MR) is 120 cm³/mol. The molecule has 7 heteroatoms. The lowest BCUT2D eigenvalue weighted by molar-refractivity contribution is -0.116. The second-order valence-electron chi connectivity index (χ2n) is 7.14. The second kappa shape index (κ2) is 9.09. The van der Waals surface area contributed by atoms with Crippen molar-refractivity contribution in [2.75, 3.05) is 11.9 Å². The summed E-state index contributed by atoms with van der Waals surface area (Å²) in [5.74, 6) is 0.743. The van der Waals surface area contributed by atoms with Gasteiger partial charge in [-0.2, -0.15) is 0 Å². The van der Waals surface area contributed by atoms with Crippen LogP contribution in [-0.4, -0.2) is 27.4 Å². The monoisotopic (exact) mass is 420 g/mol. The summed E-state index contributed by atoms with van der Waals surface area (Å²) in [6.07, 6.45) is 4.59. The Morgan fingerprint density at radius 3 is 2.77 bits per heavy atom. The van der Waals surface area contributed by atoms with Gasteiger partial charge in [0.25, 0.3) is 0 Å². The van der Waals surface area contributed by atoms with Gasteiger partial charge < -0.3 is 20.0 Å². The van der Waals surface area contributed by atoms with Gasteiger partial charge in [-0.25, -0.2) is 0 Å². The summed E-state index contributed by atoms with van der Waals surface area (Å²) in [6.45, 7) is 2.55. The smallest absolute Gasteiger partial charge is 0.226 e. The molecular weight excluding hydrogens is 396 g/mol. The SMILES string of the molecule is CCc1ccccc1NC(=O)CCN1C(=S)N[C@H](c2ccccn2)[C@H]1c1ccco1. The highest BCUT2D eigenvalue weighted by Crippen LogP contribution is 2.38. The summed E-state index contributed by atoms with van der Waals surface area (Å²) in [5, 5.41) is 6.97. The van der Waals surface area contributed by atoms with Crippen LogP contribution in [0.25, 0.3) is 0 Å². The summed E-state index contributed by atoms with van der Waals surface area (Å²) in [7, 11) is 0. The van der Waals surface area contributed by atoms with Crippen molar-refractivity contribution in [3.8, 4) is 0 Å². The van der Waals surface area contributed by atoms with Gasteiger partial charge in [-0.3, -0.25) is 9.78 Å². The Hall–Kier alpha value is -3.19. The largest absolute Gasteiger partial charge is 0.467 e. The lowest BCUT2D eigenvalue weighted by Gasteiger charge is -2.25. The molecule has 1 aromatic carbocycles. The van der Waals surface area contributed by atoms with Gasteiger partial charge >= 0.3 is 0 Å². The van der Waals surface area contributed by atoms with E-state index in [1.807, 2.05) is 59.5 Å². The molecule has 1 amide bonds. The second-order valence-corrected chi connectivity index (χ2v) is 7.53. The van der Waals surface area contributed by atoms with Crippen LogP contribution in [0.4, 0.5) is 5.69 Å². The Balaban J connectivity index is 1.49. The number of thiocarbonyl (C=S) groups is 1. The van der Waals surface area contributed by atoms with E-state index >= 15 is 0 Å². The highest BCUT2D eigenvalue weighted by Gasteiger charge is 2.41. The molecule has 2 N–H and O–H groups in total. The Morgan fingerprint density at radius 2 is 2.03 bits per heavy atom. The molecule has 1 aliphatic heterocycles. The van der Waals surface area contributed by atoms with Crippen LogP contribution in [0.1, 0.15) is 42.4 Å². The maximum Gasteiger partial charge on any atom is 0.226 e. The van der Waals surface area contributed by atoms with Crippen molar-refractivity contribution in [3.63, 3.8) is 0 Å². The van der Waals surface area contributed by atoms with Gasteiger partial charge in [0.1, 0.15) is 11.8 Å². The molecule has 0 radical (unpaired) electrons. The minimum absolute atomic E-state index is 0.0434. The number of carbonyl (C=O) groups excluding carboxylic acids is 1. The molecule has 2 atom stereocenters. The van der Waals surface area contributed by atoms with Crippen molar-refractivity contribution < 1.29 is 9.21 Å². The summed E-state index contributed by atoms with van der Waals surface area (Å²) in [4.78, 5) is 19.2. The van der Waals surface area contributed by atoms with E-state index in [2.05, 4.69) is 22.5 Å². The average molecular weight is 421 g/mol. The van der Waals surface area contributed by atoms with E-state index in [1.165, 1.54) is 0 Å². The molecule has 1 saturated heterocycles. The normalized spacial score (nSPS) is 18.3. The van der Waals surface area contributed by atoms with Gasteiger partial charge in [-0.05, 0) is 54.5 Å². The number of hydrogen-bond acceptors (Lipinski definition) is 4. The van der Waals surface area contributed by atoms with Crippen LogP contribution in [0.2, 0.25) is 0 Å². The van der Waals surface area contributed by atoms with E-state index in [1.54, 1.807) is 12.5 Å². The summed E-state index contributed by atoms with van der Waals surface area (Å²) in [6, 6.07) is 17.1. The highest BCUT2D eigenvalue weighted by atomic mass is 32.1. The van der Waals surface area contributed by atoms with Crippen LogP contribution >= 0.6 is 12.2 Å². The molecule has 6 nitrogen and oxygen atoms in total. The van der Waals surface area contributed by atoms with E-state index in [9.17, 15) is 4.79 Å². The molecule has 1 aliphatic rings. The van der Waals surface area contributed by atoms with E-state index in [0.717, 1.165) is 29.1 Å². The van der Waals surface area contributed by atoms with Gasteiger partial charge in [-0.1, -0.05) is 31.2 Å². The molecule has 0 spiro atoms. The standard InChI is InChI=1S/C23H24N4O2S/c1-2-16-8-3-4-9-17(16)25-20(28)12-14-27-22(19-11-7-15-29-19)21(26-23(27)30)18-10-5-6-13-24-18/h3-11,13,15,21-22H,2,12,14H2,1H3,(H,25,28)(H,26,30)/t21-,22-/m1/s1. The maximum atomic E-state index is 12.7. The number of para-hydroxylation sites is 1. The molecule has 3 aromatic rings. The third-order valence-electron chi connectivity index (χ3n) is 5.28. The van der Waals surface area contributed by atoms with E-state index in [-0.39, 0.29) is 18.0 Å². The first-order valence-corrected chi connectivity index (χ1v) is 10.5. The Kier molecular flexibility index (Phi) is 6.09. The van der Waals surface area contributed by atoms with Crippen molar-refractivity contribution in [1.29, 1.82) is 0 Å². The quantitative estimate of drug-likeness (QED) is 0.557. The molecule has 30 heavy (non-hydrogen) atoms. The first kappa shape index (κ1) is 20.1. The zero-order valence-corrected chi connectivity index (χ0v) is 17.6. The average Bonchev–Trinajstić information content (AvgIpc) is 3.41. The van der Waals surface area contributed by atoms with Crippen LogP contribution < -0.4 is 10.6 Å². The topological polar surface area (TPSA) is 70.4 Å². The zero-order chi connectivity index (χ0) is 20.9.